The van der Waals surface area contributed by atoms with Crippen LogP contribution in [0.3, 0.4) is 0 Å². The molecule has 3 aromatic carbocycles. The van der Waals surface area contributed by atoms with Gasteiger partial charge in [-0.2, -0.15) is 0 Å². The number of nitrogens with zero attached hydrogens (tertiary/aromatic N) is 2. The standard InChI is InChI=1S/C35H37N5O4/c1-21-16-25-8-11-29(21)22(2)20-44-35(43)38-27-10-12-31(40-15-5-6-23(40)3)26(17-27)19-39(4)34(42)32(25)37-28-9-7-24-13-14-36-33(41)30(24)18-28/h7-14,16-18,22,32,37H,3,5-6,15,19-20H2,1-2,4H3,(H,36,41)(H,38,43)/t22-,32+/m0/s1. The van der Waals surface area contributed by atoms with Crippen LogP contribution < -0.4 is 21.1 Å². The Kier molecular flexibility index (Phi) is 7.86. The van der Waals surface area contributed by atoms with Crippen molar-refractivity contribution in [3.05, 3.63) is 112 Å². The van der Waals surface area contributed by atoms with Gasteiger partial charge >= 0.3 is 6.09 Å². The lowest BCUT2D eigenvalue weighted by Gasteiger charge is -2.29. The fraction of sp³-hybridized carbons (Fsp3) is 0.286. The molecule has 4 heterocycles. The number of aromatic nitrogens is 1. The number of allylic oxidation sites excluding steroid dienone is 1. The zero-order chi connectivity index (χ0) is 31.0. The predicted octanol–water partition coefficient (Wildman–Crippen LogP) is 6.43. The van der Waals surface area contributed by atoms with E-state index in [4.69, 9.17) is 4.74 Å². The van der Waals surface area contributed by atoms with E-state index in [1.807, 2.05) is 68.4 Å². The Hall–Kier alpha value is -5.05. The summed E-state index contributed by atoms with van der Waals surface area (Å²) < 4.78 is 5.61. The second-order valence-corrected chi connectivity index (χ2v) is 11.8. The van der Waals surface area contributed by atoms with Crippen molar-refractivity contribution in [1.29, 1.82) is 0 Å². The van der Waals surface area contributed by atoms with E-state index in [9.17, 15) is 14.4 Å². The normalized spacial score (nSPS) is 19.3. The highest BCUT2D eigenvalue weighted by atomic mass is 16.5. The number of amides is 2. The third kappa shape index (κ3) is 5.77. The first-order chi connectivity index (χ1) is 21.2. The number of hydrogen-bond donors (Lipinski definition) is 3. The van der Waals surface area contributed by atoms with Gasteiger partial charge in [0.05, 0.1) is 6.61 Å². The van der Waals surface area contributed by atoms with Crippen molar-refractivity contribution in [3.63, 3.8) is 0 Å². The number of ether oxygens (including phenoxy) is 1. The molecule has 0 saturated carbocycles. The zero-order valence-electron chi connectivity index (χ0n) is 25.3. The number of carbonyl (C=O) groups excluding carboxylic acids is 2. The SMILES string of the molecule is C=C1CCCN1c1ccc2cc1CN(C)C(=O)[C@H](Nc1ccc3cc[nH]c(=O)c3c1)c1ccc(c(C)c1)[C@@H](C)COC(=O)N2. The fourth-order valence-electron chi connectivity index (χ4n) is 6.24. The highest BCUT2D eigenvalue weighted by molar-refractivity contribution is 5.89. The van der Waals surface area contributed by atoms with Crippen LogP contribution in [0.5, 0.6) is 0 Å². The molecule has 2 amide bonds. The third-order valence-electron chi connectivity index (χ3n) is 8.58. The summed E-state index contributed by atoms with van der Waals surface area (Å²) >= 11 is 0. The maximum atomic E-state index is 14.4. The zero-order valence-corrected chi connectivity index (χ0v) is 25.3. The number of carbonyl (C=O) groups is 2. The molecular weight excluding hydrogens is 554 g/mol. The van der Waals surface area contributed by atoms with Crippen LogP contribution >= 0.6 is 0 Å². The Morgan fingerprint density at radius 3 is 2.64 bits per heavy atom. The number of nitrogens with one attached hydrogen (secondary N) is 3. The lowest BCUT2D eigenvalue weighted by Crippen LogP contribution is -2.35. The summed E-state index contributed by atoms with van der Waals surface area (Å²) in [5.41, 5.74) is 6.75. The van der Waals surface area contributed by atoms with E-state index in [1.165, 1.54) is 0 Å². The van der Waals surface area contributed by atoms with Gasteiger partial charge in [0.2, 0.25) is 5.91 Å². The van der Waals surface area contributed by atoms with Gasteiger partial charge in [0, 0.05) is 60.4 Å². The number of H-pyrrole nitrogens is 1. The summed E-state index contributed by atoms with van der Waals surface area (Å²) in [6.07, 6.45) is 3.02. The smallest absolute Gasteiger partial charge is 0.411 e. The van der Waals surface area contributed by atoms with Crippen LogP contribution in [0.4, 0.5) is 21.9 Å². The number of aryl methyl sites for hydroxylation is 1. The molecule has 9 nitrogen and oxygen atoms in total. The van der Waals surface area contributed by atoms with Crippen molar-refractivity contribution in [2.24, 2.45) is 0 Å². The van der Waals surface area contributed by atoms with Crippen molar-refractivity contribution >= 4 is 39.8 Å². The molecule has 1 aromatic heterocycles. The molecule has 4 aromatic rings. The van der Waals surface area contributed by atoms with Gasteiger partial charge in [0.25, 0.3) is 5.56 Å². The topological polar surface area (TPSA) is 107 Å². The summed E-state index contributed by atoms with van der Waals surface area (Å²) in [5.74, 6) is -0.192. The first-order valence-corrected chi connectivity index (χ1v) is 14.9. The van der Waals surface area contributed by atoms with Gasteiger partial charge in [-0.25, -0.2) is 4.79 Å². The third-order valence-corrected chi connectivity index (χ3v) is 8.58. The number of benzene rings is 3. The monoisotopic (exact) mass is 591 g/mol. The molecule has 226 valence electrons. The van der Waals surface area contributed by atoms with E-state index in [0.29, 0.717) is 23.3 Å². The molecule has 4 bridgehead atoms. The summed E-state index contributed by atoms with van der Waals surface area (Å²) in [7, 11) is 1.78. The Balaban J connectivity index is 1.42. The minimum absolute atomic E-state index is 0.0566. The lowest BCUT2D eigenvalue weighted by molar-refractivity contribution is -0.131. The van der Waals surface area contributed by atoms with Gasteiger partial charge in [0.1, 0.15) is 6.04 Å². The van der Waals surface area contributed by atoms with Crippen molar-refractivity contribution in [3.8, 4) is 0 Å². The van der Waals surface area contributed by atoms with E-state index in [0.717, 1.165) is 58.4 Å². The van der Waals surface area contributed by atoms with E-state index in [1.54, 1.807) is 24.2 Å². The Morgan fingerprint density at radius 1 is 1.02 bits per heavy atom. The van der Waals surface area contributed by atoms with E-state index in [-0.39, 0.29) is 24.0 Å². The van der Waals surface area contributed by atoms with Gasteiger partial charge in [-0.05, 0) is 83.8 Å². The van der Waals surface area contributed by atoms with Crippen LogP contribution in [0.1, 0.15) is 54.0 Å². The quantitative estimate of drug-likeness (QED) is 0.254. The van der Waals surface area contributed by atoms with Gasteiger partial charge in [0.15, 0.2) is 0 Å². The Labute approximate surface area is 256 Å². The minimum Gasteiger partial charge on any atom is -0.449 e. The number of rotatable bonds is 3. The largest absolute Gasteiger partial charge is 0.449 e. The minimum atomic E-state index is -0.722. The first-order valence-electron chi connectivity index (χ1n) is 14.9. The van der Waals surface area contributed by atoms with Crippen LogP contribution in [-0.4, -0.2) is 42.1 Å². The van der Waals surface area contributed by atoms with E-state index in [2.05, 4.69) is 27.1 Å². The molecular formula is C35H37N5O4. The van der Waals surface area contributed by atoms with Crippen LogP contribution in [0, 0.1) is 6.92 Å². The molecule has 0 aliphatic carbocycles. The van der Waals surface area contributed by atoms with Gasteiger partial charge < -0.3 is 24.8 Å². The average molecular weight is 592 g/mol. The summed E-state index contributed by atoms with van der Waals surface area (Å²) in [5, 5.41) is 7.66. The Bertz CT molecular complexity index is 1830. The summed E-state index contributed by atoms with van der Waals surface area (Å²) in [6.45, 7) is 9.60. The number of hydrogen-bond acceptors (Lipinski definition) is 6. The number of aromatic amines is 1. The molecule has 44 heavy (non-hydrogen) atoms. The second kappa shape index (κ2) is 11.9. The van der Waals surface area contributed by atoms with Crippen LogP contribution in [-0.2, 0) is 16.1 Å². The molecule has 0 spiro atoms. The van der Waals surface area contributed by atoms with Crippen molar-refractivity contribution in [2.75, 3.05) is 35.7 Å². The number of likely N-dealkylation sites (N-methyl/N-ethyl adjacent to an activating group) is 1. The molecule has 3 aliphatic heterocycles. The highest BCUT2D eigenvalue weighted by Crippen LogP contribution is 2.34. The number of fused-ring (bicyclic) bond motifs is 10. The molecule has 9 heteroatoms. The molecule has 3 N–H and O–H groups in total. The van der Waals surface area contributed by atoms with Crippen LogP contribution in [0.2, 0.25) is 0 Å². The van der Waals surface area contributed by atoms with Gasteiger partial charge in [-0.1, -0.05) is 37.8 Å². The predicted molar refractivity (Wildman–Crippen MR) is 174 cm³/mol. The van der Waals surface area contributed by atoms with Crippen molar-refractivity contribution in [1.82, 2.24) is 9.88 Å². The molecule has 7 rings (SSSR count). The van der Waals surface area contributed by atoms with E-state index < -0.39 is 12.1 Å². The lowest BCUT2D eigenvalue weighted by atomic mass is 9.93. The average Bonchev–Trinajstić information content (AvgIpc) is 3.43. The molecule has 1 fully saturated rings. The van der Waals surface area contributed by atoms with Crippen molar-refractivity contribution < 1.29 is 14.3 Å². The molecule has 0 radical (unpaired) electrons. The summed E-state index contributed by atoms with van der Waals surface area (Å²) in [6, 6.07) is 18.3. The van der Waals surface area contributed by atoms with Crippen molar-refractivity contribution in [2.45, 2.75) is 45.2 Å². The molecule has 0 unspecified atom stereocenters. The molecule has 2 atom stereocenters. The van der Waals surface area contributed by atoms with Crippen LogP contribution in [0.15, 0.2) is 83.9 Å². The molecule has 1 saturated heterocycles. The highest BCUT2D eigenvalue weighted by Gasteiger charge is 2.28. The van der Waals surface area contributed by atoms with Gasteiger partial charge in [-0.15, -0.1) is 0 Å². The summed E-state index contributed by atoms with van der Waals surface area (Å²) in [4.78, 5) is 46.3. The second-order valence-electron chi connectivity index (χ2n) is 11.8. The number of pyridine rings is 1. The Morgan fingerprint density at radius 2 is 1.86 bits per heavy atom. The fourth-order valence-corrected chi connectivity index (χ4v) is 6.24. The first kappa shape index (κ1) is 29.0. The molecule has 3 aliphatic rings. The number of anilines is 3. The maximum absolute atomic E-state index is 14.4. The van der Waals surface area contributed by atoms with Crippen LogP contribution in [0.25, 0.3) is 10.8 Å². The van der Waals surface area contributed by atoms with E-state index >= 15 is 0 Å². The maximum Gasteiger partial charge on any atom is 0.411 e. The van der Waals surface area contributed by atoms with Gasteiger partial charge in [-0.3, -0.25) is 14.9 Å².